The van der Waals surface area contributed by atoms with Gasteiger partial charge in [-0.1, -0.05) is 13.8 Å². The van der Waals surface area contributed by atoms with Crippen LogP contribution in [0.3, 0.4) is 0 Å². The summed E-state index contributed by atoms with van der Waals surface area (Å²) in [5.41, 5.74) is 0. The molecule has 0 saturated carbocycles. The van der Waals surface area contributed by atoms with Gasteiger partial charge in [0.25, 0.3) is 0 Å². The monoisotopic (exact) mass is 240 g/mol. The first kappa shape index (κ1) is 13.2. The average molecular weight is 240 g/mol. The summed E-state index contributed by atoms with van der Waals surface area (Å²) in [4.78, 5) is 11.2. The van der Waals surface area contributed by atoms with Crippen molar-refractivity contribution in [3.63, 3.8) is 0 Å². The van der Waals surface area contributed by atoms with Crippen molar-refractivity contribution in [2.45, 2.75) is 20.0 Å². The van der Waals surface area contributed by atoms with Crippen molar-refractivity contribution in [2.24, 2.45) is 0 Å². The van der Waals surface area contributed by atoms with Crippen molar-refractivity contribution in [1.82, 2.24) is 0 Å². The topological polar surface area (TPSA) is 65.0 Å². The molecule has 0 amide bonds. The van der Waals surface area contributed by atoms with Crippen LogP contribution in [0.25, 0.3) is 0 Å². The minimum absolute atomic E-state index is 0.0582. The Morgan fingerprint density at radius 2 is 2.12 bits per heavy atom. The van der Waals surface area contributed by atoms with Gasteiger partial charge in [0, 0.05) is 6.07 Å². The van der Waals surface area contributed by atoms with Gasteiger partial charge in [0.05, 0.1) is 7.11 Å². The SMILES string of the molecule is CC.COC(=O)C1COc2ccc(O)cc2O1. The number of carbonyl (C=O) groups is 1. The van der Waals surface area contributed by atoms with Crippen molar-refractivity contribution in [3.8, 4) is 17.2 Å². The molecule has 1 atom stereocenters. The number of phenols is 1. The second-order valence-corrected chi connectivity index (χ2v) is 3.07. The van der Waals surface area contributed by atoms with Crippen molar-refractivity contribution in [1.29, 1.82) is 0 Å². The maximum atomic E-state index is 11.2. The zero-order valence-electron chi connectivity index (χ0n) is 10.1. The zero-order chi connectivity index (χ0) is 12.8. The van der Waals surface area contributed by atoms with Crippen LogP contribution in [0.15, 0.2) is 18.2 Å². The Hall–Kier alpha value is -1.91. The van der Waals surface area contributed by atoms with Crippen LogP contribution in [-0.4, -0.2) is 30.9 Å². The fourth-order valence-corrected chi connectivity index (χ4v) is 1.31. The number of carbonyl (C=O) groups excluding carboxylic acids is 1. The predicted molar refractivity (Wildman–Crippen MR) is 61.4 cm³/mol. The van der Waals surface area contributed by atoms with Crippen LogP contribution < -0.4 is 9.47 Å². The summed E-state index contributed by atoms with van der Waals surface area (Å²) in [6, 6.07) is 4.46. The quantitative estimate of drug-likeness (QED) is 0.757. The molecule has 1 heterocycles. The number of ether oxygens (including phenoxy) is 3. The molecule has 94 valence electrons. The first-order chi connectivity index (χ1) is 8.20. The van der Waals surface area contributed by atoms with E-state index < -0.39 is 12.1 Å². The molecule has 1 aliphatic rings. The van der Waals surface area contributed by atoms with Crippen molar-refractivity contribution in [3.05, 3.63) is 18.2 Å². The normalized spacial score (nSPS) is 16.5. The van der Waals surface area contributed by atoms with Gasteiger partial charge in [0.1, 0.15) is 12.4 Å². The molecule has 1 aromatic rings. The van der Waals surface area contributed by atoms with Gasteiger partial charge < -0.3 is 19.3 Å². The van der Waals surface area contributed by atoms with Crippen LogP contribution in [0, 0.1) is 0 Å². The Bertz CT molecular complexity index is 388. The number of hydrogen-bond donors (Lipinski definition) is 1. The molecular weight excluding hydrogens is 224 g/mol. The molecule has 17 heavy (non-hydrogen) atoms. The summed E-state index contributed by atoms with van der Waals surface area (Å²) >= 11 is 0. The molecule has 1 aliphatic heterocycles. The van der Waals surface area contributed by atoms with Gasteiger partial charge in [-0.2, -0.15) is 0 Å². The highest BCUT2D eigenvalue weighted by atomic mass is 16.6. The van der Waals surface area contributed by atoms with Gasteiger partial charge in [-0.3, -0.25) is 0 Å². The molecule has 1 unspecified atom stereocenters. The van der Waals surface area contributed by atoms with E-state index in [0.29, 0.717) is 11.5 Å². The van der Waals surface area contributed by atoms with Crippen molar-refractivity contribution < 1.29 is 24.1 Å². The first-order valence-corrected chi connectivity index (χ1v) is 5.41. The van der Waals surface area contributed by atoms with E-state index in [1.165, 1.54) is 19.2 Å². The number of hydrogen-bond acceptors (Lipinski definition) is 5. The van der Waals surface area contributed by atoms with Gasteiger partial charge in [-0.15, -0.1) is 0 Å². The molecule has 0 bridgehead atoms. The van der Waals surface area contributed by atoms with Gasteiger partial charge >= 0.3 is 5.97 Å². The van der Waals surface area contributed by atoms with Crippen LogP contribution in [-0.2, 0) is 9.53 Å². The van der Waals surface area contributed by atoms with E-state index >= 15 is 0 Å². The van der Waals surface area contributed by atoms with Gasteiger partial charge in [-0.05, 0) is 12.1 Å². The molecule has 0 saturated heterocycles. The molecule has 1 N–H and O–H groups in total. The van der Waals surface area contributed by atoms with Crippen LogP contribution in [0.2, 0.25) is 0 Å². The Morgan fingerprint density at radius 1 is 1.41 bits per heavy atom. The lowest BCUT2D eigenvalue weighted by Gasteiger charge is -2.24. The Balaban J connectivity index is 0.000000686. The molecule has 0 radical (unpaired) electrons. The molecule has 0 aromatic heterocycles. The molecule has 2 rings (SSSR count). The zero-order valence-corrected chi connectivity index (χ0v) is 10.1. The standard InChI is InChI=1S/C10H10O5.C2H6/c1-13-10(12)9-5-14-7-3-2-6(11)4-8(7)15-9;1-2/h2-4,9,11H,5H2,1H3;1-2H3. The van der Waals surface area contributed by atoms with Crippen molar-refractivity contribution in [2.75, 3.05) is 13.7 Å². The number of rotatable bonds is 1. The van der Waals surface area contributed by atoms with Gasteiger partial charge in [0.2, 0.25) is 6.10 Å². The minimum Gasteiger partial charge on any atom is -0.508 e. The van der Waals surface area contributed by atoms with Gasteiger partial charge in [-0.25, -0.2) is 4.79 Å². The summed E-state index contributed by atoms with van der Waals surface area (Å²) in [7, 11) is 1.28. The molecule has 0 spiro atoms. The number of aromatic hydroxyl groups is 1. The van der Waals surface area contributed by atoms with Crippen molar-refractivity contribution >= 4 is 5.97 Å². The highest BCUT2D eigenvalue weighted by Gasteiger charge is 2.28. The second-order valence-electron chi connectivity index (χ2n) is 3.07. The number of benzene rings is 1. The van der Waals surface area contributed by atoms with E-state index in [9.17, 15) is 9.90 Å². The summed E-state index contributed by atoms with van der Waals surface area (Å²) in [5, 5.41) is 9.22. The molecular formula is C12H16O5. The van der Waals surface area contributed by atoms with E-state index in [-0.39, 0.29) is 12.4 Å². The minimum atomic E-state index is -0.774. The maximum Gasteiger partial charge on any atom is 0.350 e. The van der Waals surface area contributed by atoms with Crippen LogP contribution in [0.4, 0.5) is 0 Å². The largest absolute Gasteiger partial charge is 0.508 e. The second kappa shape index (κ2) is 5.98. The summed E-state index contributed by atoms with van der Waals surface area (Å²) in [6.45, 7) is 4.12. The molecule has 5 heteroatoms. The highest BCUT2D eigenvalue weighted by Crippen LogP contribution is 2.34. The lowest BCUT2D eigenvalue weighted by atomic mass is 10.2. The number of phenolic OH excluding ortho intramolecular Hbond substituents is 1. The first-order valence-electron chi connectivity index (χ1n) is 5.41. The summed E-state index contributed by atoms with van der Waals surface area (Å²) in [5.74, 6) is 0.413. The highest BCUT2D eigenvalue weighted by molar-refractivity contribution is 5.75. The fourth-order valence-electron chi connectivity index (χ4n) is 1.31. The van der Waals surface area contributed by atoms with Crippen LogP contribution in [0.5, 0.6) is 17.2 Å². The smallest absolute Gasteiger partial charge is 0.350 e. The fraction of sp³-hybridized carbons (Fsp3) is 0.417. The summed E-state index contributed by atoms with van der Waals surface area (Å²) in [6.07, 6.45) is -0.774. The Kier molecular flexibility index (Phi) is 4.63. The van der Waals surface area contributed by atoms with E-state index in [1.807, 2.05) is 13.8 Å². The summed E-state index contributed by atoms with van der Waals surface area (Å²) < 4.78 is 15.1. The van der Waals surface area contributed by atoms with Crippen LogP contribution in [0.1, 0.15) is 13.8 Å². The molecule has 1 aromatic carbocycles. The molecule has 0 aliphatic carbocycles. The molecule has 5 nitrogen and oxygen atoms in total. The van der Waals surface area contributed by atoms with Crippen LogP contribution >= 0.6 is 0 Å². The third-order valence-corrected chi connectivity index (χ3v) is 2.05. The number of fused-ring (bicyclic) bond motifs is 1. The lowest BCUT2D eigenvalue weighted by Crippen LogP contribution is -2.37. The van der Waals surface area contributed by atoms with E-state index in [2.05, 4.69) is 4.74 Å². The predicted octanol–water partition coefficient (Wildman–Crippen LogP) is 1.73. The number of esters is 1. The third kappa shape index (κ3) is 3.03. The Morgan fingerprint density at radius 3 is 2.76 bits per heavy atom. The molecule has 0 fully saturated rings. The maximum absolute atomic E-state index is 11.2. The van der Waals surface area contributed by atoms with E-state index in [0.717, 1.165) is 0 Å². The van der Waals surface area contributed by atoms with Gasteiger partial charge in [0.15, 0.2) is 11.5 Å². The average Bonchev–Trinajstić information content (AvgIpc) is 2.39. The lowest BCUT2D eigenvalue weighted by molar-refractivity contribution is -0.151. The number of methoxy groups -OCH3 is 1. The van der Waals surface area contributed by atoms with E-state index in [1.54, 1.807) is 6.07 Å². The Labute approximate surface area is 99.9 Å². The third-order valence-electron chi connectivity index (χ3n) is 2.05. The van der Waals surface area contributed by atoms with E-state index in [4.69, 9.17) is 9.47 Å².